The summed E-state index contributed by atoms with van der Waals surface area (Å²) in [5.41, 5.74) is 0.478. The summed E-state index contributed by atoms with van der Waals surface area (Å²) in [4.78, 5) is 0.208. The molecule has 1 aliphatic rings. The second-order valence-corrected chi connectivity index (χ2v) is 6.00. The molecule has 0 radical (unpaired) electrons. The lowest BCUT2D eigenvalue weighted by Gasteiger charge is -2.25. The van der Waals surface area contributed by atoms with Crippen molar-refractivity contribution in [3.63, 3.8) is 0 Å². The first kappa shape index (κ1) is 12.1. The number of halogens is 1. The van der Waals surface area contributed by atoms with E-state index in [1.54, 1.807) is 0 Å². The van der Waals surface area contributed by atoms with Crippen molar-refractivity contribution in [1.82, 2.24) is 5.32 Å². The van der Waals surface area contributed by atoms with Gasteiger partial charge in [0.25, 0.3) is 0 Å². The van der Waals surface area contributed by atoms with Gasteiger partial charge in [-0.25, -0.2) is 12.8 Å². The first-order valence-corrected chi connectivity index (χ1v) is 6.89. The molecule has 0 amide bonds. The second kappa shape index (κ2) is 4.47. The van der Waals surface area contributed by atoms with Crippen LogP contribution in [-0.4, -0.2) is 20.7 Å². The fraction of sp³-hybridized carbons (Fsp3) is 0.333. The molecule has 1 unspecified atom stereocenters. The Morgan fingerprint density at radius 1 is 1.53 bits per heavy atom. The van der Waals surface area contributed by atoms with E-state index in [4.69, 9.17) is 6.42 Å². The van der Waals surface area contributed by atoms with Gasteiger partial charge in [-0.05, 0) is 30.2 Å². The topological polar surface area (TPSA) is 46.2 Å². The van der Waals surface area contributed by atoms with Gasteiger partial charge in [0, 0.05) is 6.04 Å². The van der Waals surface area contributed by atoms with Crippen molar-refractivity contribution in [2.45, 2.75) is 17.4 Å². The Kier molecular flexibility index (Phi) is 3.18. The van der Waals surface area contributed by atoms with Crippen LogP contribution in [0.1, 0.15) is 18.0 Å². The maximum atomic E-state index is 13.2. The fourth-order valence-corrected chi connectivity index (χ4v) is 3.61. The average molecular weight is 253 g/mol. The van der Waals surface area contributed by atoms with Gasteiger partial charge in [-0.15, -0.1) is 6.42 Å². The van der Waals surface area contributed by atoms with E-state index in [9.17, 15) is 12.8 Å². The van der Waals surface area contributed by atoms with Crippen molar-refractivity contribution in [2.75, 3.05) is 12.3 Å². The van der Waals surface area contributed by atoms with Crippen molar-refractivity contribution >= 4 is 9.84 Å². The largest absolute Gasteiger partial charge is 0.299 e. The van der Waals surface area contributed by atoms with E-state index in [0.717, 1.165) is 0 Å². The van der Waals surface area contributed by atoms with Crippen molar-refractivity contribution < 1.29 is 12.8 Å². The summed E-state index contributed by atoms with van der Waals surface area (Å²) in [6.07, 6.45) is 5.56. The van der Waals surface area contributed by atoms with Crippen LogP contribution in [0.25, 0.3) is 0 Å². The van der Waals surface area contributed by atoms with Gasteiger partial charge in [-0.2, -0.15) is 0 Å². The number of hydrogen-bond donors (Lipinski definition) is 1. The lowest BCUT2D eigenvalue weighted by Crippen LogP contribution is -2.30. The van der Waals surface area contributed by atoms with E-state index >= 15 is 0 Å². The highest BCUT2D eigenvalue weighted by Crippen LogP contribution is 2.32. The molecule has 90 valence electrons. The zero-order valence-electron chi connectivity index (χ0n) is 9.11. The standard InChI is InChI=1S/C12H12FNO2S/c1-2-6-14-11-5-7-17(15,16)12-4-3-9(13)8-10(11)12/h1,3-4,8,11,14H,5-7H2. The molecular formula is C12H12FNO2S. The average Bonchev–Trinajstić information content (AvgIpc) is 2.28. The van der Waals surface area contributed by atoms with Gasteiger partial charge < -0.3 is 0 Å². The van der Waals surface area contributed by atoms with Gasteiger partial charge in [0.1, 0.15) is 5.82 Å². The van der Waals surface area contributed by atoms with Gasteiger partial charge in [-0.1, -0.05) is 5.92 Å². The van der Waals surface area contributed by atoms with Gasteiger partial charge in [0.05, 0.1) is 17.2 Å². The lowest BCUT2D eigenvalue weighted by atomic mass is 10.0. The molecule has 1 N–H and O–H groups in total. The van der Waals surface area contributed by atoms with Crippen LogP contribution < -0.4 is 5.32 Å². The molecule has 1 atom stereocenters. The predicted octanol–water partition coefficient (Wildman–Crippen LogP) is 1.27. The minimum Gasteiger partial charge on any atom is -0.299 e. The van der Waals surface area contributed by atoms with Crippen LogP contribution in [0.5, 0.6) is 0 Å². The zero-order valence-corrected chi connectivity index (χ0v) is 9.93. The smallest absolute Gasteiger partial charge is 0.178 e. The molecule has 0 aliphatic carbocycles. The van der Waals surface area contributed by atoms with Gasteiger partial charge in [0.2, 0.25) is 0 Å². The molecule has 5 heteroatoms. The highest BCUT2D eigenvalue weighted by molar-refractivity contribution is 7.91. The molecule has 0 saturated heterocycles. The Labute approximate surface area is 100.0 Å². The number of hydrogen-bond acceptors (Lipinski definition) is 3. The minimum atomic E-state index is -3.28. The van der Waals surface area contributed by atoms with Crippen LogP contribution in [-0.2, 0) is 9.84 Å². The summed E-state index contributed by atoms with van der Waals surface area (Å²) in [6.45, 7) is 0.334. The summed E-state index contributed by atoms with van der Waals surface area (Å²) in [5.74, 6) is 2.05. The summed E-state index contributed by atoms with van der Waals surface area (Å²) in [7, 11) is -3.28. The third kappa shape index (κ3) is 2.33. The first-order chi connectivity index (χ1) is 8.04. The van der Waals surface area contributed by atoms with Crippen molar-refractivity contribution in [3.05, 3.63) is 29.6 Å². The SMILES string of the molecule is C#CCNC1CCS(=O)(=O)c2ccc(F)cc21. The van der Waals surface area contributed by atoms with E-state index in [-0.39, 0.29) is 16.7 Å². The third-order valence-electron chi connectivity index (χ3n) is 2.81. The normalized spacial score (nSPS) is 21.5. The van der Waals surface area contributed by atoms with E-state index in [0.29, 0.717) is 18.5 Å². The van der Waals surface area contributed by atoms with Gasteiger partial charge >= 0.3 is 0 Å². The summed E-state index contributed by atoms with van der Waals surface area (Å²) >= 11 is 0. The van der Waals surface area contributed by atoms with Crippen LogP contribution in [0.2, 0.25) is 0 Å². The Balaban J connectivity index is 2.46. The highest BCUT2D eigenvalue weighted by atomic mass is 32.2. The van der Waals surface area contributed by atoms with Crippen molar-refractivity contribution in [3.8, 4) is 12.3 Å². The molecule has 1 heterocycles. The molecular weight excluding hydrogens is 241 g/mol. The van der Waals surface area contributed by atoms with Crippen molar-refractivity contribution in [1.29, 1.82) is 0 Å². The summed E-state index contributed by atoms with van der Waals surface area (Å²) in [5, 5.41) is 3.03. The molecule has 0 fully saturated rings. The van der Waals surface area contributed by atoms with Crippen LogP contribution >= 0.6 is 0 Å². The van der Waals surface area contributed by atoms with Crippen LogP contribution in [0, 0.1) is 18.2 Å². The lowest BCUT2D eigenvalue weighted by molar-refractivity contribution is 0.511. The highest BCUT2D eigenvalue weighted by Gasteiger charge is 2.30. The Hall–Kier alpha value is -1.38. The number of sulfone groups is 1. The predicted molar refractivity (Wildman–Crippen MR) is 62.6 cm³/mol. The van der Waals surface area contributed by atoms with Gasteiger partial charge in [-0.3, -0.25) is 5.32 Å². The Bertz CT molecular complexity index is 575. The molecule has 17 heavy (non-hydrogen) atoms. The third-order valence-corrected chi connectivity index (χ3v) is 4.62. The minimum absolute atomic E-state index is 0.0634. The van der Waals surface area contributed by atoms with E-state index in [1.165, 1.54) is 18.2 Å². The monoisotopic (exact) mass is 253 g/mol. The molecule has 1 aliphatic heterocycles. The van der Waals surface area contributed by atoms with E-state index < -0.39 is 15.7 Å². The molecule has 0 saturated carbocycles. The number of nitrogens with one attached hydrogen (secondary N) is 1. The quantitative estimate of drug-likeness (QED) is 0.637. The molecule has 1 aromatic rings. The van der Waals surface area contributed by atoms with Gasteiger partial charge in [0.15, 0.2) is 9.84 Å². The van der Waals surface area contributed by atoms with Crippen molar-refractivity contribution in [2.24, 2.45) is 0 Å². The number of rotatable bonds is 2. The molecule has 0 aromatic heterocycles. The molecule has 0 bridgehead atoms. The van der Waals surface area contributed by atoms with E-state index in [1.807, 2.05) is 0 Å². The maximum Gasteiger partial charge on any atom is 0.178 e. The van der Waals surface area contributed by atoms with Crippen LogP contribution in [0.4, 0.5) is 4.39 Å². The second-order valence-electron chi connectivity index (χ2n) is 3.93. The molecule has 1 aromatic carbocycles. The number of fused-ring (bicyclic) bond motifs is 1. The van der Waals surface area contributed by atoms with Crippen LogP contribution in [0.3, 0.4) is 0 Å². The van der Waals surface area contributed by atoms with E-state index in [2.05, 4.69) is 11.2 Å². The Morgan fingerprint density at radius 2 is 2.29 bits per heavy atom. The molecule has 3 nitrogen and oxygen atoms in total. The molecule has 0 spiro atoms. The summed E-state index contributed by atoms with van der Waals surface area (Å²) < 4.78 is 36.8. The zero-order chi connectivity index (χ0) is 12.5. The fourth-order valence-electron chi connectivity index (χ4n) is 2.01. The van der Waals surface area contributed by atoms with Crippen LogP contribution in [0.15, 0.2) is 23.1 Å². The number of benzene rings is 1. The summed E-state index contributed by atoms with van der Waals surface area (Å²) in [6, 6.07) is 3.56. The molecule has 2 rings (SSSR count). The maximum absolute atomic E-state index is 13.2. The Morgan fingerprint density at radius 3 is 3.00 bits per heavy atom. The first-order valence-electron chi connectivity index (χ1n) is 5.23. The number of terminal acetylenes is 1.